The summed E-state index contributed by atoms with van der Waals surface area (Å²) in [4.78, 5) is 35.2. The second kappa shape index (κ2) is 10.1. The van der Waals surface area contributed by atoms with Gasteiger partial charge in [0.2, 0.25) is 6.10 Å². The van der Waals surface area contributed by atoms with Crippen LogP contribution < -0.4 is 4.74 Å². The molecule has 1 atom stereocenters. The Balaban J connectivity index is 2.31. The molecule has 2 aromatic rings. The van der Waals surface area contributed by atoms with Crippen molar-refractivity contribution in [3.05, 3.63) is 63.7 Å². The van der Waals surface area contributed by atoms with E-state index in [-0.39, 0.29) is 18.1 Å². The van der Waals surface area contributed by atoms with Crippen molar-refractivity contribution < 1.29 is 41.9 Å². The molecule has 0 radical (unpaired) electrons. The molecule has 0 spiro atoms. The molecule has 0 saturated heterocycles. The fourth-order valence-electron chi connectivity index (χ4n) is 2.61. The van der Waals surface area contributed by atoms with Crippen molar-refractivity contribution >= 4 is 17.6 Å². The highest BCUT2D eigenvalue weighted by Crippen LogP contribution is 2.33. The largest absolute Gasteiger partial charge is 0.463 e. The van der Waals surface area contributed by atoms with E-state index < -0.39 is 51.9 Å². The van der Waals surface area contributed by atoms with Crippen LogP contribution in [0.1, 0.15) is 36.7 Å². The van der Waals surface area contributed by atoms with Crippen molar-refractivity contribution in [1.29, 1.82) is 0 Å². The van der Waals surface area contributed by atoms with Gasteiger partial charge in [-0.05, 0) is 37.3 Å². The van der Waals surface area contributed by atoms with Crippen molar-refractivity contribution in [1.82, 2.24) is 0 Å². The average molecular weight is 455 g/mol. The number of esters is 2. The molecular weight excluding hydrogens is 435 g/mol. The summed E-state index contributed by atoms with van der Waals surface area (Å²) in [6, 6.07) is 6.93. The third-order valence-electron chi connectivity index (χ3n) is 4.16. The van der Waals surface area contributed by atoms with Crippen LogP contribution >= 0.6 is 0 Å². The molecule has 0 saturated carbocycles. The summed E-state index contributed by atoms with van der Waals surface area (Å²) in [5, 5.41) is 11.3. The summed E-state index contributed by atoms with van der Waals surface area (Å²) in [5.74, 6) is -2.46. The van der Waals surface area contributed by atoms with Crippen LogP contribution in [-0.2, 0) is 20.4 Å². The summed E-state index contributed by atoms with van der Waals surface area (Å²) in [6.07, 6.45) is -5.81. The van der Waals surface area contributed by atoms with E-state index in [4.69, 9.17) is 14.2 Å². The first kappa shape index (κ1) is 24.6. The van der Waals surface area contributed by atoms with Gasteiger partial charge in [0.15, 0.2) is 0 Å². The molecule has 0 N–H and O–H groups in total. The highest BCUT2D eigenvalue weighted by atomic mass is 19.4. The monoisotopic (exact) mass is 455 g/mol. The molecule has 0 bridgehead atoms. The van der Waals surface area contributed by atoms with Crippen molar-refractivity contribution in [2.75, 3.05) is 6.61 Å². The average Bonchev–Trinajstić information content (AvgIpc) is 2.71. The number of ether oxygens (including phenoxy) is 3. The first-order valence-corrected chi connectivity index (χ1v) is 9.45. The van der Waals surface area contributed by atoms with Crippen molar-refractivity contribution in [2.45, 2.75) is 33.1 Å². The van der Waals surface area contributed by atoms with Crippen molar-refractivity contribution in [3.63, 3.8) is 0 Å². The van der Waals surface area contributed by atoms with Crippen LogP contribution in [0.3, 0.4) is 0 Å². The molecule has 0 aliphatic heterocycles. The van der Waals surface area contributed by atoms with Crippen LogP contribution in [0.2, 0.25) is 0 Å². The molecule has 0 aliphatic rings. The number of hydrogen-bond acceptors (Lipinski definition) is 7. The minimum atomic E-state index is -4.52. The Morgan fingerprint density at radius 3 is 2.16 bits per heavy atom. The lowest BCUT2D eigenvalue weighted by Gasteiger charge is -2.19. The second-order valence-corrected chi connectivity index (χ2v) is 6.88. The third kappa shape index (κ3) is 6.19. The van der Waals surface area contributed by atoms with E-state index >= 15 is 0 Å². The number of halogens is 3. The minimum absolute atomic E-state index is 0.0118. The molecule has 2 aromatic carbocycles. The van der Waals surface area contributed by atoms with E-state index in [1.54, 1.807) is 20.8 Å². The van der Waals surface area contributed by atoms with Gasteiger partial charge >= 0.3 is 18.1 Å². The van der Waals surface area contributed by atoms with E-state index in [9.17, 15) is 32.9 Å². The van der Waals surface area contributed by atoms with Crippen molar-refractivity contribution in [3.8, 4) is 11.5 Å². The summed E-state index contributed by atoms with van der Waals surface area (Å²) in [5.41, 5.74) is -1.97. The number of carbonyl (C=O) groups excluding carboxylic acids is 2. The molecule has 2 rings (SSSR count). The molecule has 0 amide bonds. The van der Waals surface area contributed by atoms with Crippen LogP contribution in [0.5, 0.6) is 11.5 Å². The number of benzene rings is 2. The highest BCUT2D eigenvalue weighted by molar-refractivity contribution is 5.96. The predicted molar refractivity (Wildman–Crippen MR) is 105 cm³/mol. The first-order chi connectivity index (χ1) is 14.9. The summed E-state index contributed by atoms with van der Waals surface area (Å²) < 4.78 is 53.5. The molecule has 0 fully saturated rings. The highest BCUT2D eigenvalue weighted by Gasteiger charge is 2.32. The number of carbonyl (C=O) groups is 2. The smallest absolute Gasteiger partial charge is 0.416 e. The Hall–Kier alpha value is -3.63. The maximum Gasteiger partial charge on any atom is 0.416 e. The zero-order chi connectivity index (χ0) is 24.1. The lowest BCUT2D eigenvalue weighted by atomic mass is 10.1. The molecule has 1 unspecified atom stereocenters. The van der Waals surface area contributed by atoms with E-state index in [1.807, 2.05) is 0 Å². The van der Waals surface area contributed by atoms with Gasteiger partial charge < -0.3 is 14.2 Å². The Morgan fingerprint density at radius 2 is 1.66 bits per heavy atom. The van der Waals surface area contributed by atoms with Crippen LogP contribution in [0.25, 0.3) is 0 Å². The molecule has 32 heavy (non-hydrogen) atoms. The van der Waals surface area contributed by atoms with Gasteiger partial charge in [-0.3, -0.25) is 10.1 Å². The Bertz CT molecular complexity index is 988. The number of nitro benzene ring substituents is 1. The Kier molecular flexibility index (Phi) is 7.79. The molecule has 0 heterocycles. The summed E-state index contributed by atoms with van der Waals surface area (Å²) >= 11 is 0. The van der Waals surface area contributed by atoms with Gasteiger partial charge in [0.1, 0.15) is 17.1 Å². The zero-order valence-electron chi connectivity index (χ0n) is 17.3. The number of rotatable bonds is 8. The standard InChI is InChI=1S/C21H20F3NO7/c1-4-30-20(27)18(12(2)3)32-19(26)16-11-15(9-10-17(16)25(28)29)31-14-7-5-13(6-8-14)21(22,23)24/h5-12,18H,4H2,1-3H3. The van der Waals surface area contributed by atoms with Gasteiger partial charge in [0.05, 0.1) is 17.1 Å². The number of alkyl halides is 3. The fourth-order valence-corrected chi connectivity index (χ4v) is 2.61. The molecule has 11 heteroatoms. The zero-order valence-corrected chi connectivity index (χ0v) is 17.3. The quantitative estimate of drug-likeness (QED) is 0.308. The molecule has 8 nitrogen and oxygen atoms in total. The van der Waals surface area contributed by atoms with E-state index in [0.717, 1.165) is 36.4 Å². The first-order valence-electron chi connectivity index (χ1n) is 9.45. The normalized spacial score (nSPS) is 12.2. The molecule has 0 aliphatic carbocycles. The van der Waals surface area contributed by atoms with Gasteiger partial charge in [-0.15, -0.1) is 0 Å². The molecular formula is C21H20F3NO7. The lowest BCUT2D eigenvalue weighted by Crippen LogP contribution is -2.34. The summed E-state index contributed by atoms with van der Waals surface area (Å²) in [7, 11) is 0. The van der Waals surface area contributed by atoms with E-state index in [2.05, 4.69) is 0 Å². The third-order valence-corrected chi connectivity index (χ3v) is 4.16. The van der Waals surface area contributed by atoms with Crippen LogP contribution in [-0.4, -0.2) is 29.6 Å². The maximum absolute atomic E-state index is 12.7. The van der Waals surface area contributed by atoms with Crippen LogP contribution in [0.15, 0.2) is 42.5 Å². The van der Waals surface area contributed by atoms with E-state index in [1.165, 1.54) is 6.07 Å². The molecule has 0 aromatic heterocycles. The number of nitrogens with zero attached hydrogens (tertiary/aromatic N) is 1. The number of hydrogen-bond donors (Lipinski definition) is 0. The maximum atomic E-state index is 12.7. The van der Waals surface area contributed by atoms with E-state index in [0.29, 0.717) is 0 Å². The van der Waals surface area contributed by atoms with Gasteiger partial charge in [0.25, 0.3) is 5.69 Å². The van der Waals surface area contributed by atoms with Gasteiger partial charge in [-0.25, -0.2) is 9.59 Å². The summed E-state index contributed by atoms with van der Waals surface area (Å²) in [6.45, 7) is 4.83. The topological polar surface area (TPSA) is 105 Å². The van der Waals surface area contributed by atoms with Crippen molar-refractivity contribution in [2.24, 2.45) is 5.92 Å². The fraction of sp³-hybridized carbons (Fsp3) is 0.333. The van der Waals surface area contributed by atoms with Gasteiger partial charge in [0, 0.05) is 18.1 Å². The predicted octanol–water partition coefficient (Wildman–Crippen LogP) is 5.15. The van der Waals surface area contributed by atoms with Crippen LogP contribution in [0, 0.1) is 16.0 Å². The minimum Gasteiger partial charge on any atom is -0.463 e. The number of nitro groups is 1. The molecule has 172 valence electrons. The van der Waals surface area contributed by atoms with Gasteiger partial charge in [-0.2, -0.15) is 13.2 Å². The lowest BCUT2D eigenvalue weighted by molar-refractivity contribution is -0.385. The second-order valence-electron chi connectivity index (χ2n) is 6.88. The Labute approximate surface area is 181 Å². The Morgan fingerprint density at radius 1 is 1.06 bits per heavy atom. The SMILES string of the molecule is CCOC(=O)C(OC(=O)c1cc(Oc2ccc(C(F)(F)F)cc2)ccc1[N+](=O)[O-])C(C)C. The van der Waals surface area contributed by atoms with Crippen LogP contribution in [0.4, 0.5) is 18.9 Å². The van der Waals surface area contributed by atoms with Gasteiger partial charge in [-0.1, -0.05) is 13.8 Å².